The summed E-state index contributed by atoms with van der Waals surface area (Å²) in [6.45, 7) is 2.01. The van der Waals surface area contributed by atoms with E-state index in [-0.39, 0.29) is 24.0 Å². The minimum Gasteiger partial charge on any atom is -0.312 e. The number of fused-ring (bicyclic) bond motifs is 1. The second kappa shape index (κ2) is 4.68. The molecule has 0 aromatic rings. The maximum absolute atomic E-state index is 12.5. The number of nitrogens with one attached hydrogen (secondary N) is 1. The van der Waals surface area contributed by atoms with Crippen molar-refractivity contribution in [3.63, 3.8) is 0 Å². The van der Waals surface area contributed by atoms with Gasteiger partial charge in [0.05, 0.1) is 16.8 Å². The monoisotopic (exact) mass is 308 g/mol. The van der Waals surface area contributed by atoms with E-state index in [0.717, 1.165) is 19.4 Å². The first-order valence-corrected chi connectivity index (χ1v) is 10.1. The molecule has 3 aliphatic rings. The maximum Gasteiger partial charge on any atom is 0.218 e. The highest BCUT2D eigenvalue weighted by molar-refractivity contribution is 7.95. The van der Waals surface area contributed by atoms with E-state index in [1.54, 1.807) is 0 Å². The fraction of sp³-hybridized carbons (Fsp3) is 1.00. The van der Waals surface area contributed by atoms with E-state index in [9.17, 15) is 16.8 Å². The van der Waals surface area contributed by atoms with Gasteiger partial charge in [-0.3, -0.25) is 0 Å². The molecule has 3 aliphatic heterocycles. The molecule has 19 heavy (non-hydrogen) atoms. The molecule has 0 bridgehead atoms. The van der Waals surface area contributed by atoms with Gasteiger partial charge >= 0.3 is 0 Å². The Bertz CT molecular complexity index is 543. The Kier molecular flexibility index (Phi) is 3.40. The molecule has 0 aromatic carbocycles. The van der Waals surface area contributed by atoms with Gasteiger partial charge in [0.15, 0.2) is 9.84 Å². The fourth-order valence-electron chi connectivity index (χ4n) is 3.42. The number of sulfone groups is 1. The predicted octanol–water partition coefficient (Wildman–Crippen LogP) is -0.813. The molecule has 110 valence electrons. The molecule has 0 spiro atoms. The molecular formula is C11H20N2O4S2. The number of hydrogen-bond donors (Lipinski definition) is 1. The van der Waals surface area contributed by atoms with Crippen LogP contribution >= 0.6 is 0 Å². The van der Waals surface area contributed by atoms with Gasteiger partial charge < -0.3 is 5.32 Å². The van der Waals surface area contributed by atoms with Crippen LogP contribution in [0.15, 0.2) is 0 Å². The maximum atomic E-state index is 12.5. The number of hydrogen-bond acceptors (Lipinski definition) is 5. The average Bonchev–Trinajstić information content (AvgIpc) is 2.92. The summed E-state index contributed by atoms with van der Waals surface area (Å²) in [5.41, 5.74) is 0. The van der Waals surface area contributed by atoms with E-state index in [4.69, 9.17) is 0 Å². The number of rotatable bonds is 2. The molecule has 3 atom stereocenters. The Morgan fingerprint density at radius 3 is 2.58 bits per heavy atom. The van der Waals surface area contributed by atoms with Gasteiger partial charge in [0, 0.05) is 19.1 Å². The molecule has 0 aromatic heterocycles. The smallest absolute Gasteiger partial charge is 0.218 e. The topological polar surface area (TPSA) is 83.5 Å². The lowest BCUT2D eigenvalue weighted by molar-refractivity contribution is 0.339. The number of nitrogens with zero attached hydrogens (tertiary/aromatic N) is 1. The highest BCUT2D eigenvalue weighted by Gasteiger charge is 2.45. The van der Waals surface area contributed by atoms with Crippen molar-refractivity contribution in [1.82, 2.24) is 9.62 Å². The van der Waals surface area contributed by atoms with Crippen LogP contribution in [-0.4, -0.2) is 63.6 Å². The Labute approximate surface area is 114 Å². The van der Waals surface area contributed by atoms with Gasteiger partial charge in [0.1, 0.15) is 0 Å². The van der Waals surface area contributed by atoms with Crippen LogP contribution in [0, 0.1) is 5.92 Å². The van der Waals surface area contributed by atoms with Crippen LogP contribution in [0.25, 0.3) is 0 Å². The third-order valence-electron chi connectivity index (χ3n) is 4.54. The SMILES string of the molecule is O=S1(=O)CCC(S(=O)(=O)N2C[C@@H]3CCCN[C@@H]3C2)C1. The van der Waals surface area contributed by atoms with E-state index < -0.39 is 25.1 Å². The Morgan fingerprint density at radius 1 is 1.16 bits per heavy atom. The molecule has 3 fully saturated rings. The van der Waals surface area contributed by atoms with E-state index in [0.29, 0.717) is 19.0 Å². The molecule has 0 amide bonds. The average molecular weight is 308 g/mol. The van der Waals surface area contributed by atoms with Crippen LogP contribution in [0.2, 0.25) is 0 Å². The quantitative estimate of drug-likeness (QED) is 0.721. The van der Waals surface area contributed by atoms with Crippen LogP contribution in [0.1, 0.15) is 19.3 Å². The van der Waals surface area contributed by atoms with Crippen molar-refractivity contribution >= 4 is 19.9 Å². The fourth-order valence-corrected chi connectivity index (χ4v) is 8.03. The molecule has 6 nitrogen and oxygen atoms in total. The third-order valence-corrected chi connectivity index (χ3v) is 8.78. The van der Waals surface area contributed by atoms with Gasteiger partial charge in [-0.2, -0.15) is 4.31 Å². The van der Waals surface area contributed by atoms with E-state index in [1.165, 1.54) is 4.31 Å². The molecule has 8 heteroatoms. The summed E-state index contributed by atoms with van der Waals surface area (Å²) < 4.78 is 49.4. The zero-order valence-corrected chi connectivity index (χ0v) is 12.4. The summed E-state index contributed by atoms with van der Waals surface area (Å²) in [6.07, 6.45) is 2.41. The normalized spacial score (nSPS) is 39.3. The van der Waals surface area contributed by atoms with Crippen molar-refractivity contribution in [3.05, 3.63) is 0 Å². The van der Waals surface area contributed by atoms with Gasteiger partial charge in [-0.25, -0.2) is 16.8 Å². The predicted molar refractivity (Wildman–Crippen MR) is 72.1 cm³/mol. The van der Waals surface area contributed by atoms with Crippen molar-refractivity contribution in [2.45, 2.75) is 30.6 Å². The Morgan fingerprint density at radius 2 is 1.95 bits per heavy atom. The minimum absolute atomic E-state index is 0.00977. The van der Waals surface area contributed by atoms with Crippen molar-refractivity contribution in [2.24, 2.45) is 5.92 Å². The van der Waals surface area contributed by atoms with Gasteiger partial charge in [0.25, 0.3) is 0 Å². The van der Waals surface area contributed by atoms with Crippen LogP contribution < -0.4 is 5.32 Å². The molecule has 3 saturated heterocycles. The summed E-state index contributed by atoms with van der Waals surface area (Å²) in [5.74, 6) is 0.200. The molecule has 1 N–H and O–H groups in total. The van der Waals surface area contributed by atoms with Crippen molar-refractivity contribution in [3.8, 4) is 0 Å². The van der Waals surface area contributed by atoms with Crippen LogP contribution in [0.5, 0.6) is 0 Å². The third kappa shape index (κ3) is 2.55. The van der Waals surface area contributed by atoms with Crippen LogP contribution in [0.3, 0.4) is 0 Å². The lowest BCUT2D eigenvalue weighted by atomic mass is 9.94. The molecule has 3 heterocycles. The standard InChI is InChI=1S/C11H20N2O4S2/c14-18(15)5-3-10(8-18)19(16,17)13-6-9-2-1-4-12-11(9)7-13/h9-12H,1-8H2/t9-,10?,11+/m0/s1. The van der Waals surface area contributed by atoms with E-state index in [1.807, 2.05) is 0 Å². The summed E-state index contributed by atoms with van der Waals surface area (Å²) in [5, 5.41) is 2.64. The van der Waals surface area contributed by atoms with E-state index in [2.05, 4.69) is 5.32 Å². The summed E-state index contributed by atoms with van der Waals surface area (Å²) in [7, 11) is -6.61. The van der Waals surface area contributed by atoms with E-state index >= 15 is 0 Å². The van der Waals surface area contributed by atoms with Crippen molar-refractivity contribution < 1.29 is 16.8 Å². The highest BCUT2D eigenvalue weighted by Crippen LogP contribution is 2.30. The van der Waals surface area contributed by atoms with Crippen molar-refractivity contribution in [1.29, 1.82) is 0 Å². The van der Waals surface area contributed by atoms with Gasteiger partial charge in [-0.1, -0.05) is 0 Å². The van der Waals surface area contributed by atoms with Crippen LogP contribution in [0.4, 0.5) is 0 Å². The Balaban J connectivity index is 1.75. The van der Waals surface area contributed by atoms with Crippen LogP contribution in [-0.2, 0) is 19.9 Å². The first-order chi connectivity index (χ1) is 8.88. The molecular weight excluding hydrogens is 288 g/mol. The minimum atomic E-state index is -3.45. The highest BCUT2D eigenvalue weighted by atomic mass is 32.2. The molecule has 3 rings (SSSR count). The Hall–Kier alpha value is -0.180. The lowest BCUT2D eigenvalue weighted by Crippen LogP contribution is -2.42. The first-order valence-electron chi connectivity index (χ1n) is 6.81. The van der Waals surface area contributed by atoms with Gasteiger partial charge in [-0.15, -0.1) is 0 Å². The largest absolute Gasteiger partial charge is 0.312 e. The lowest BCUT2D eigenvalue weighted by Gasteiger charge is -2.24. The second-order valence-electron chi connectivity index (χ2n) is 5.85. The van der Waals surface area contributed by atoms with Crippen molar-refractivity contribution in [2.75, 3.05) is 31.1 Å². The zero-order valence-electron chi connectivity index (χ0n) is 10.8. The molecule has 1 unspecified atom stereocenters. The second-order valence-corrected chi connectivity index (χ2v) is 10.3. The molecule has 0 aliphatic carbocycles. The summed E-state index contributed by atoms with van der Waals surface area (Å²) >= 11 is 0. The van der Waals surface area contributed by atoms with Gasteiger partial charge in [-0.05, 0) is 31.7 Å². The molecule has 0 radical (unpaired) electrons. The molecule has 0 saturated carbocycles. The zero-order chi connectivity index (χ0) is 13.7. The first kappa shape index (κ1) is 13.8. The number of piperidine rings is 1. The number of sulfonamides is 1. The summed E-state index contributed by atoms with van der Waals surface area (Å²) in [4.78, 5) is 0. The van der Waals surface area contributed by atoms with Gasteiger partial charge in [0.2, 0.25) is 10.0 Å². The summed E-state index contributed by atoms with van der Waals surface area (Å²) in [6, 6.07) is 0.251.